The second kappa shape index (κ2) is 20.6. The van der Waals surface area contributed by atoms with Crippen molar-refractivity contribution in [1.82, 2.24) is 20.3 Å². The third-order valence-electron chi connectivity index (χ3n) is 7.53. The molecule has 0 saturated carbocycles. The Bertz CT molecular complexity index is 1420. The molecule has 4 rings (SSSR count). The molecule has 3 aromatic carbocycles. The first-order chi connectivity index (χ1) is 23.5. The summed E-state index contributed by atoms with van der Waals surface area (Å²) in [7, 11) is 0. The van der Waals surface area contributed by atoms with Crippen LogP contribution < -0.4 is 21.3 Å². The lowest BCUT2D eigenvalue weighted by Crippen LogP contribution is -2.27. The molecule has 1 aromatic heterocycles. The van der Waals surface area contributed by atoms with Crippen LogP contribution in [0.4, 0.5) is 17.8 Å². The average molecular weight is 656 g/mol. The molecule has 4 aromatic rings. The van der Waals surface area contributed by atoms with Crippen LogP contribution in [-0.4, -0.2) is 84.7 Å². The van der Waals surface area contributed by atoms with Gasteiger partial charge in [-0.05, 0) is 42.0 Å². The lowest BCUT2D eigenvalue weighted by molar-refractivity contribution is 0.0519. The topological polar surface area (TPSA) is 143 Å². The number of nitrogens with zero attached hydrogens (tertiary/aromatic N) is 3. The van der Waals surface area contributed by atoms with E-state index in [1.165, 1.54) is 11.1 Å². The molecule has 11 heteroatoms. The van der Waals surface area contributed by atoms with Gasteiger partial charge in [0.1, 0.15) is 0 Å². The molecule has 0 fully saturated rings. The zero-order valence-corrected chi connectivity index (χ0v) is 28.0. The Balaban J connectivity index is 1.25. The highest BCUT2D eigenvalue weighted by Crippen LogP contribution is 2.28. The van der Waals surface area contributed by atoms with Crippen LogP contribution in [-0.2, 0) is 9.47 Å². The van der Waals surface area contributed by atoms with Gasteiger partial charge in [0.05, 0.1) is 39.1 Å². The number of amides is 1. The molecule has 256 valence electrons. The maximum Gasteiger partial charge on any atom is 0.251 e. The van der Waals surface area contributed by atoms with Crippen molar-refractivity contribution in [3.8, 4) is 0 Å². The van der Waals surface area contributed by atoms with Crippen LogP contribution in [0, 0.1) is 5.92 Å². The Morgan fingerprint density at radius 3 is 1.77 bits per heavy atom. The number of aliphatic hydroxyl groups excluding tert-OH is 1. The van der Waals surface area contributed by atoms with Crippen LogP contribution in [0.25, 0.3) is 0 Å². The smallest absolute Gasteiger partial charge is 0.251 e. The fraction of sp³-hybridized carbons (Fsp3) is 0.405. The molecule has 1 heterocycles. The molecule has 0 spiro atoms. The predicted molar refractivity (Wildman–Crippen MR) is 191 cm³/mol. The highest BCUT2D eigenvalue weighted by atomic mass is 16.5. The summed E-state index contributed by atoms with van der Waals surface area (Å²) in [5.41, 5.74) is 3.14. The number of aliphatic hydroxyl groups is 1. The Kier molecular flexibility index (Phi) is 15.6. The normalized spacial score (nSPS) is 11.8. The van der Waals surface area contributed by atoms with Gasteiger partial charge in [-0.3, -0.25) is 4.79 Å². The van der Waals surface area contributed by atoms with Crippen LogP contribution in [0.1, 0.15) is 54.1 Å². The predicted octanol–water partition coefficient (Wildman–Crippen LogP) is 5.20. The van der Waals surface area contributed by atoms with Crippen LogP contribution in [0.5, 0.6) is 0 Å². The Hall–Kier alpha value is -4.58. The van der Waals surface area contributed by atoms with E-state index in [4.69, 9.17) is 9.47 Å². The minimum Gasteiger partial charge on any atom is -0.394 e. The van der Waals surface area contributed by atoms with Crippen molar-refractivity contribution in [3.05, 3.63) is 108 Å². The van der Waals surface area contributed by atoms with Crippen LogP contribution >= 0.6 is 0 Å². The van der Waals surface area contributed by atoms with E-state index < -0.39 is 0 Å². The number of rotatable bonds is 22. The summed E-state index contributed by atoms with van der Waals surface area (Å²) in [5, 5.41) is 22.7. The van der Waals surface area contributed by atoms with Crippen molar-refractivity contribution < 1.29 is 19.4 Å². The number of hydrogen-bond acceptors (Lipinski definition) is 10. The molecule has 11 nitrogen and oxygen atoms in total. The number of ether oxygens (including phenoxy) is 2. The number of carbonyl (C=O) groups is 1. The highest BCUT2D eigenvalue weighted by Gasteiger charge is 2.16. The zero-order valence-electron chi connectivity index (χ0n) is 28.0. The molecule has 48 heavy (non-hydrogen) atoms. The van der Waals surface area contributed by atoms with Gasteiger partial charge < -0.3 is 35.8 Å². The number of anilines is 3. The summed E-state index contributed by atoms with van der Waals surface area (Å²) in [5.74, 6) is 1.75. The summed E-state index contributed by atoms with van der Waals surface area (Å²) in [4.78, 5) is 25.9. The SMILES string of the molecule is CC(C)C[C@H](CO)Nc1nc(NCCOCCOCCNC(=O)c2ccccc2)nc(NCCC(c2ccccc2)c2ccccc2)n1. The Morgan fingerprint density at radius 2 is 1.21 bits per heavy atom. The van der Waals surface area contributed by atoms with Crippen molar-refractivity contribution in [3.63, 3.8) is 0 Å². The minimum absolute atomic E-state index is 0.0273. The molecule has 0 unspecified atom stereocenters. The van der Waals surface area contributed by atoms with Crippen LogP contribution in [0.3, 0.4) is 0 Å². The summed E-state index contributed by atoms with van der Waals surface area (Å²) in [6.07, 6.45) is 1.62. The standard InChI is InChI=1S/C37H49N7O4/c1-28(2)26-32(27-45)41-37-43-35(39-19-18-33(29-12-6-3-7-13-29)30-14-8-4-9-15-30)42-36(44-37)40-21-23-48-25-24-47-22-20-38-34(46)31-16-10-5-11-17-31/h3-17,28,32-33,45H,18-27H2,1-2H3,(H,38,46)(H3,39,40,41,42,43,44)/t32-/m1/s1. The van der Waals surface area contributed by atoms with Crippen molar-refractivity contribution in [1.29, 1.82) is 0 Å². The van der Waals surface area contributed by atoms with Gasteiger partial charge in [-0.25, -0.2) is 0 Å². The van der Waals surface area contributed by atoms with E-state index in [1.54, 1.807) is 12.1 Å². The maximum absolute atomic E-state index is 12.1. The summed E-state index contributed by atoms with van der Waals surface area (Å²) >= 11 is 0. The van der Waals surface area contributed by atoms with E-state index in [1.807, 2.05) is 30.3 Å². The summed E-state index contributed by atoms with van der Waals surface area (Å²) in [6.45, 7) is 7.41. The van der Waals surface area contributed by atoms with Gasteiger partial charge in [-0.15, -0.1) is 0 Å². The molecule has 1 atom stereocenters. The lowest BCUT2D eigenvalue weighted by atomic mass is 9.88. The van der Waals surface area contributed by atoms with Crippen LogP contribution in [0.15, 0.2) is 91.0 Å². The van der Waals surface area contributed by atoms with Crippen molar-refractivity contribution >= 4 is 23.8 Å². The number of hydrogen-bond donors (Lipinski definition) is 5. The third-order valence-corrected chi connectivity index (χ3v) is 7.53. The molecule has 0 bridgehead atoms. The number of benzene rings is 3. The van der Waals surface area contributed by atoms with E-state index in [-0.39, 0.29) is 24.5 Å². The zero-order chi connectivity index (χ0) is 33.8. The van der Waals surface area contributed by atoms with Gasteiger partial charge in [0.25, 0.3) is 5.91 Å². The monoisotopic (exact) mass is 655 g/mol. The second-order valence-corrected chi connectivity index (χ2v) is 11.8. The van der Waals surface area contributed by atoms with Crippen molar-refractivity contribution in [2.45, 2.75) is 38.6 Å². The van der Waals surface area contributed by atoms with Crippen molar-refractivity contribution in [2.24, 2.45) is 5.92 Å². The molecule has 0 radical (unpaired) electrons. The van der Waals surface area contributed by atoms with Crippen LogP contribution in [0.2, 0.25) is 0 Å². The fourth-order valence-corrected chi connectivity index (χ4v) is 5.24. The quantitative estimate of drug-likeness (QED) is 0.0718. The largest absolute Gasteiger partial charge is 0.394 e. The minimum atomic E-state index is -0.177. The van der Waals surface area contributed by atoms with Crippen molar-refractivity contribution in [2.75, 3.05) is 68.6 Å². The van der Waals surface area contributed by atoms with Gasteiger partial charge in [0, 0.05) is 31.1 Å². The van der Waals surface area contributed by atoms with E-state index in [0.29, 0.717) is 75.4 Å². The average Bonchev–Trinajstić information content (AvgIpc) is 3.11. The van der Waals surface area contributed by atoms with E-state index in [2.05, 4.69) is 98.6 Å². The molecule has 0 saturated heterocycles. The first-order valence-electron chi connectivity index (χ1n) is 16.7. The van der Waals surface area contributed by atoms with E-state index in [0.717, 1.165) is 12.8 Å². The molecular weight excluding hydrogens is 606 g/mol. The van der Waals surface area contributed by atoms with Gasteiger partial charge >= 0.3 is 0 Å². The van der Waals surface area contributed by atoms with Gasteiger partial charge in [0.2, 0.25) is 17.8 Å². The molecule has 0 aliphatic heterocycles. The van der Waals surface area contributed by atoms with Gasteiger partial charge in [0.15, 0.2) is 0 Å². The number of aromatic nitrogens is 3. The molecule has 5 N–H and O–H groups in total. The third kappa shape index (κ3) is 12.9. The molecule has 0 aliphatic rings. The summed E-state index contributed by atoms with van der Waals surface area (Å²) in [6, 6.07) is 29.9. The second-order valence-electron chi connectivity index (χ2n) is 11.8. The van der Waals surface area contributed by atoms with E-state index >= 15 is 0 Å². The van der Waals surface area contributed by atoms with E-state index in [9.17, 15) is 9.90 Å². The molecule has 0 aliphatic carbocycles. The first-order valence-corrected chi connectivity index (χ1v) is 16.7. The Morgan fingerprint density at radius 1 is 0.688 bits per heavy atom. The molecular formula is C37H49N7O4. The number of nitrogens with one attached hydrogen (secondary N) is 4. The Labute approximate surface area is 283 Å². The van der Waals surface area contributed by atoms with Gasteiger partial charge in [-0.2, -0.15) is 15.0 Å². The highest BCUT2D eigenvalue weighted by molar-refractivity contribution is 5.94. The molecule has 1 amide bonds. The summed E-state index contributed by atoms with van der Waals surface area (Å²) < 4.78 is 11.3. The number of carbonyl (C=O) groups excluding carboxylic acids is 1. The first kappa shape index (κ1) is 36.3. The fourth-order valence-electron chi connectivity index (χ4n) is 5.24. The maximum atomic E-state index is 12.1. The van der Waals surface area contributed by atoms with Gasteiger partial charge in [-0.1, -0.05) is 92.7 Å². The lowest BCUT2D eigenvalue weighted by Gasteiger charge is -2.20.